The van der Waals surface area contributed by atoms with E-state index < -0.39 is 5.41 Å². The molecule has 0 aliphatic rings. The van der Waals surface area contributed by atoms with Gasteiger partial charge in [0.2, 0.25) is 4.77 Å². The Hall–Kier alpha value is -2.28. The SMILES string of the molecule is COc1ccccc1/C=N\n1c(=S)[nH]nc(C(C)(C)C)c1=O. The average Bonchev–Trinajstić information content (AvgIpc) is 2.46. The van der Waals surface area contributed by atoms with E-state index >= 15 is 0 Å². The van der Waals surface area contributed by atoms with Crippen molar-refractivity contribution in [1.82, 2.24) is 14.9 Å². The molecule has 116 valence electrons. The summed E-state index contributed by atoms with van der Waals surface area (Å²) in [6.45, 7) is 5.71. The normalized spacial score (nSPS) is 11.8. The van der Waals surface area contributed by atoms with Crippen molar-refractivity contribution in [3.05, 3.63) is 50.6 Å². The first kappa shape index (κ1) is 16.1. The van der Waals surface area contributed by atoms with E-state index in [0.29, 0.717) is 11.4 Å². The van der Waals surface area contributed by atoms with Crippen LogP contribution < -0.4 is 10.3 Å². The Kier molecular flexibility index (Phi) is 4.56. The maximum absolute atomic E-state index is 12.5. The molecule has 0 aliphatic heterocycles. The number of methoxy groups -OCH3 is 1. The van der Waals surface area contributed by atoms with Crippen molar-refractivity contribution in [1.29, 1.82) is 0 Å². The number of ether oxygens (including phenoxy) is 1. The van der Waals surface area contributed by atoms with Crippen molar-refractivity contribution in [3.63, 3.8) is 0 Å². The topological polar surface area (TPSA) is 72.3 Å². The second-order valence-corrected chi connectivity index (χ2v) is 6.12. The fourth-order valence-electron chi connectivity index (χ4n) is 1.88. The lowest BCUT2D eigenvalue weighted by Crippen LogP contribution is -2.32. The molecule has 1 heterocycles. The van der Waals surface area contributed by atoms with Crippen molar-refractivity contribution >= 4 is 18.4 Å². The smallest absolute Gasteiger partial charge is 0.297 e. The van der Waals surface area contributed by atoms with Crippen molar-refractivity contribution < 1.29 is 4.74 Å². The molecule has 22 heavy (non-hydrogen) atoms. The van der Waals surface area contributed by atoms with Crippen LogP contribution >= 0.6 is 12.2 Å². The minimum atomic E-state index is -0.404. The van der Waals surface area contributed by atoms with Gasteiger partial charge in [0.15, 0.2) is 0 Å². The lowest BCUT2D eigenvalue weighted by molar-refractivity contribution is 0.414. The molecule has 0 unspecified atom stereocenters. The van der Waals surface area contributed by atoms with E-state index in [1.54, 1.807) is 7.11 Å². The molecule has 2 aromatic rings. The fourth-order valence-corrected chi connectivity index (χ4v) is 2.05. The Morgan fingerprint density at radius 1 is 1.36 bits per heavy atom. The van der Waals surface area contributed by atoms with E-state index in [0.717, 1.165) is 10.2 Å². The fraction of sp³-hybridized carbons (Fsp3) is 0.333. The molecule has 0 saturated carbocycles. The Morgan fingerprint density at radius 2 is 2.05 bits per heavy atom. The molecule has 2 rings (SSSR count). The second kappa shape index (κ2) is 6.23. The summed E-state index contributed by atoms with van der Waals surface area (Å²) in [6, 6.07) is 7.38. The van der Waals surface area contributed by atoms with Crippen molar-refractivity contribution in [2.75, 3.05) is 7.11 Å². The van der Waals surface area contributed by atoms with Crippen LogP contribution in [0.3, 0.4) is 0 Å². The molecule has 0 aliphatic carbocycles. The number of hydrogen-bond donors (Lipinski definition) is 1. The lowest BCUT2D eigenvalue weighted by Gasteiger charge is -2.16. The van der Waals surface area contributed by atoms with Crippen LogP contribution in [0.25, 0.3) is 0 Å². The standard InChI is InChI=1S/C15H18N4O2S/c1-15(2,3)12-13(20)19(14(22)18-17-12)16-9-10-7-5-6-8-11(10)21-4/h5-9H,1-4H3,(H,18,22)/b16-9-. The molecule has 0 bridgehead atoms. The number of H-pyrrole nitrogens is 1. The van der Waals surface area contributed by atoms with Gasteiger partial charge in [-0.1, -0.05) is 32.9 Å². The summed E-state index contributed by atoms with van der Waals surface area (Å²) in [5.74, 6) is 0.666. The Bertz CT molecular complexity index is 815. The molecule has 0 amide bonds. The van der Waals surface area contributed by atoms with Gasteiger partial charge < -0.3 is 4.74 Å². The molecule has 1 aromatic heterocycles. The third-order valence-corrected chi connectivity index (χ3v) is 3.28. The quantitative estimate of drug-likeness (QED) is 0.697. The first-order valence-corrected chi connectivity index (χ1v) is 7.15. The van der Waals surface area contributed by atoms with Crippen LogP contribution in [0.1, 0.15) is 32.0 Å². The van der Waals surface area contributed by atoms with Crippen LogP contribution in [0.2, 0.25) is 0 Å². The van der Waals surface area contributed by atoms with E-state index in [1.807, 2.05) is 45.0 Å². The highest BCUT2D eigenvalue weighted by molar-refractivity contribution is 7.71. The van der Waals surface area contributed by atoms with Gasteiger partial charge in [0, 0.05) is 11.0 Å². The first-order chi connectivity index (χ1) is 10.3. The van der Waals surface area contributed by atoms with Gasteiger partial charge in [-0.3, -0.25) is 9.89 Å². The van der Waals surface area contributed by atoms with E-state index in [-0.39, 0.29) is 10.3 Å². The number of aromatic nitrogens is 3. The number of hydrogen-bond acceptors (Lipinski definition) is 5. The van der Waals surface area contributed by atoms with Gasteiger partial charge in [-0.05, 0) is 24.4 Å². The van der Waals surface area contributed by atoms with Gasteiger partial charge in [0.1, 0.15) is 11.4 Å². The van der Waals surface area contributed by atoms with Crippen LogP contribution in [0.15, 0.2) is 34.2 Å². The number of para-hydroxylation sites is 1. The van der Waals surface area contributed by atoms with Crippen molar-refractivity contribution in [2.24, 2.45) is 5.10 Å². The molecular weight excluding hydrogens is 300 g/mol. The Balaban J connectivity index is 2.52. The molecule has 7 heteroatoms. The van der Waals surface area contributed by atoms with Crippen LogP contribution in [0.4, 0.5) is 0 Å². The van der Waals surface area contributed by atoms with Crippen LogP contribution in [0, 0.1) is 4.77 Å². The Morgan fingerprint density at radius 3 is 2.68 bits per heavy atom. The summed E-state index contributed by atoms with van der Waals surface area (Å²) >= 11 is 5.10. The third kappa shape index (κ3) is 3.30. The zero-order chi connectivity index (χ0) is 16.3. The highest BCUT2D eigenvalue weighted by atomic mass is 32.1. The molecule has 0 spiro atoms. The highest BCUT2D eigenvalue weighted by Gasteiger charge is 2.21. The van der Waals surface area contributed by atoms with Gasteiger partial charge in [-0.25, -0.2) is 0 Å². The predicted octanol–water partition coefficient (Wildman–Crippen LogP) is 2.49. The molecule has 0 saturated heterocycles. The number of rotatable bonds is 3. The van der Waals surface area contributed by atoms with E-state index in [9.17, 15) is 4.79 Å². The monoisotopic (exact) mass is 318 g/mol. The zero-order valence-electron chi connectivity index (χ0n) is 13.0. The summed E-state index contributed by atoms with van der Waals surface area (Å²) < 4.78 is 6.52. The van der Waals surface area contributed by atoms with Gasteiger partial charge in [0.05, 0.1) is 13.3 Å². The van der Waals surface area contributed by atoms with E-state index in [1.165, 1.54) is 6.21 Å². The summed E-state index contributed by atoms with van der Waals surface area (Å²) in [5, 5.41) is 10.9. The molecule has 1 N–H and O–H groups in total. The van der Waals surface area contributed by atoms with Crippen LogP contribution in [0.5, 0.6) is 5.75 Å². The molecule has 6 nitrogen and oxygen atoms in total. The zero-order valence-corrected chi connectivity index (χ0v) is 13.8. The summed E-state index contributed by atoms with van der Waals surface area (Å²) in [6.07, 6.45) is 1.54. The van der Waals surface area contributed by atoms with E-state index in [2.05, 4.69) is 15.3 Å². The minimum absolute atomic E-state index is 0.143. The van der Waals surface area contributed by atoms with Gasteiger partial charge in [-0.2, -0.15) is 14.9 Å². The van der Waals surface area contributed by atoms with Crippen LogP contribution in [-0.4, -0.2) is 28.2 Å². The number of nitrogens with one attached hydrogen (secondary N) is 1. The largest absolute Gasteiger partial charge is 0.496 e. The second-order valence-electron chi connectivity index (χ2n) is 5.73. The Labute approximate surface area is 133 Å². The van der Waals surface area contributed by atoms with Crippen molar-refractivity contribution in [3.8, 4) is 5.75 Å². The number of aromatic amines is 1. The molecule has 0 radical (unpaired) electrons. The molecular formula is C15H18N4O2S. The first-order valence-electron chi connectivity index (χ1n) is 6.74. The molecule has 0 fully saturated rings. The van der Waals surface area contributed by atoms with E-state index in [4.69, 9.17) is 17.0 Å². The summed E-state index contributed by atoms with van der Waals surface area (Å²) in [5.41, 5.74) is 0.388. The predicted molar refractivity (Wildman–Crippen MR) is 88.4 cm³/mol. The average molecular weight is 318 g/mol. The molecule has 0 atom stereocenters. The van der Waals surface area contributed by atoms with Gasteiger partial charge in [0.25, 0.3) is 5.56 Å². The summed E-state index contributed by atoms with van der Waals surface area (Å²) in [4.78, 5) is 12.5. The van der Waals surface area contributed by atoms with Gasteiger partial charge >= 0.3 is 0 Å². The number of nitrogens with zero attached hydrogens (tertiary/aromatic N) is 3. The number of benzene rings is 1. The van der Waals surface area contributed by atoms with Crippen molar-refractivity contribution in [2.45, 2.75) is 26.2 Å². The van der Waals surface area contributed by atoms with Crippen LogP contribution in [-0.2, 0) is 5.41 Å². The maximum Gasteiger partial charge on any atom is 0.297 e. The minimum Gasteiger partial charge on any atom is -0.496 e. The van der Waals surface area contributed by atoms with Gasteiger partial charge in [-0.15, -0.1) is 0 Å². The maximum atomic E-state index is 12.5. The third-order valence-electron chi connectivity index (χ3n) is 3.01. The molecule has 1 aromatic carbocycles. The summed E-state index contributed by atoms with van der Waals surface area (Å²) in [7, 11) is 1.58. The lowest BCUT2D eigenvalue weighted by atomic mass is 9.93. The highest BCUT2D eigenvalue weighted by Crippen LogP contribution is 2.16.